The molecule has 0 saturated carbocycles. The molecule has 0 spiro atoms. The van der Waals surface area contributed by atoms with Gasteiger partial charge in [-0.1, -0.05) is 28.1 Å². The normalized spacial score (nSPS) is 10.8. The van der Waals surface area contributed by atoms with Crippen molar-refractivity contribution < 1.29 is 23.9 Å². The van der Waals surface area contributed by atoms with Gasteiger partial charge in [-0.15, -0.1) is 11.8 Å². The molecule has 2 heterocycles. The molecule has 0 fully saturated rings. The molecule has 2 aromatic heterocycles. The summed E-state index contributed by atoms with van der Waals surface area (Å²) in [6.45, 7) is 5.72. The van der Waals surface area contributed by atoms with Crippen molar-refractivity contribution in [1.29, 1.82) is 0 Å². The molecular weight excluding hydrogens is 482 g/mol. The fourth-order valence-corrected chi connectivity index (χ4v) is 4.48. The van der Waals surface area contributed by atoms with Crippen molar-refractivity contribution in [2.75, 3.05) is 19.0 Å². The smallest absolute Gasteiger partial charge is 0.356 e. The molecule has 3 rings (SSSR count). The highest BCUT2D eigenvalue weighted by atomic mass is 79.9. The Hall–Kier alpha value is -2.58. The standard InChI is InChI=1S/C23H22BrNO5S/c1-4-29-22(27)19-17-12-14(3)10-11-25(17)20(23(28)30-5-2)21(19)31-13-18(26)15-6-8-16(24)9-7-15/h6-12H,4-5,13H2,1-3H3. The molecule has 0 radical (unpaired) electrons. The molecular formula is C23H22BrNO5S. The van der Waals surface area contributed by atoms with Crippen LogP contribution >= 0.6 is 27.7 Å². The van der Waals surface area contributed by atoms with Crippen molar-refractivity contribution >= 4 is 50.9 Å². The molecule has 6 nitrogen and oxygen atoms in total. The van der Waals surface area contributed by atoms with Crippen molar-refractivity contribution in [2.45, 2.75) is 25.7 Å². The van der Waals surface area contributed by atoms with Crippen LogP contribution in [0.1, 0.15) is 50.6 Å². The SMILES string of the molecule is CCOC(=O)c1c(SCC(=O)c2ccc(Br)cc2)c(C(=O)OCC)n2ccc(C)cc12. The quantitative estimate of drug-likeness (QED) is 0.234. The van der Waals surface area contributed by atoms with E-state index >= 15 is 0 Å². The van der Waals surface area contributed by atoms with Crippen molar-refractivity contribution in [3.05, 3.63) is 69.5 Å². The van der Waals surface area contributed by atoms with Gasteiger partial charge in [-0.2, -0.15) is 0 Å². The molecule has 0 saturated heterocycles. The van der Waals surface area contributed by atoms with E-state index in [1.165, 1.54) is 0 Å². The second kappa shape index (κ2) is 10.2. The Morgan fingerprint density at radius 2 is 1.65 bits per heavy atom. The maximum atomic E-state index is 12.8. The van der Waals surface area contributed by atoms with Crippen LogP contribution in [0.25, 0.3) is 5.52 Å². The maximum Gasteiger partial charge on any atom is 0.356 e. The number of aromatic nitrogens is 1. The molecule has 1 aromatic carbocycles. The number of carbonyl (C=O) groups is 3. The number of esters is 2. The Kier molecular flexibility index (Phi) is 7.56. The lowest BCUT2D eigenvalue weighted by Gasteiger charge is -2.07. The number of hydrogen-bond acceptors (Lipinski definition) is 6. The first-order chi connectivity index (χ1) is 14.9. The molecule has 0 aliphatic heterocycles. The number of Topliss-reactive ketones (excluding diaryl/α,β-unsaturated/α-hetero) is 1. The van der Waals surface area contributed by atoms with E-state index in [0.717, 1.165) is 21.8 Å². The number of halogens is 1. The number of thioether (sulfide) groups is 1. The van der Waals surface area contributed by atoms with E-state index in [0.29, 0.717) is 16.0 Å². The lowest BCUT2D eigenvalue weighted by molar-refractivity contribution is 0.0514. The number of aryl methyl sites for hydroxylation is 1. The van der Waals surface area contributed by atoms with Gasteiger partial charge in [-0.25, -0.2) is 9.59 Å². The second-order valence-electron chi connectivity index (χ2n) is 6.67. The van der Waals surface area contributed by atoms with Crippen LogP contribution in [-0.4, -0.2) is 41.1 Å². The second-order valence-corrected chi connectivity index (χ2v) is 8.57. The lowest BCUT2D eigenvalue weighted by Crippen LogP contribution is -2.11. The highest BCUT2D eigenvalue weighted by molar-refractivity contribution is 9.10. The van der Waals surface area contributed by atoms with Gasteiger partial charge in [0.2, 0.25) is 0 Å². The van der Waals surface area contributed by atoms with Crippen molar-refractivity contribution in [1.82, 2.24) is 4.40 Å². The van der Waals surface area contributed by atoms with Crippen LogP contribution < -0.4 is 0 Å². The van der Waals surface area contributed by atoms with Gasteiger partial charge in [0.05, 0.1) is 34.9 Å². The average Bonchev–Trinajstić information content (AvgIpc) is 3.06. The molecule has 0 amide bonds. The maximum absolute atomic E-state index is 12.8. The van der Waals surface area contributed by atoms with Gasteiger partial charge in [0.1, 0.15) is 5.69 Å². The van der Waals surface area contributed by atoms with Gasteiger partial charge in [-0.05, 0) is 50.6 Å². The number of pyridine rings is 1. The molecule has 3 aromatic rings. The van der Waals surface area contributed by atoms with Gasteiger partial charge in [0.15, 0.2) is 5.78 Å². The predicted molar refractivity (Wildman–Crippen MR) is 123 cm³/mol. The third-order valence-electron chi connectivity index (χ3n) is 4.51. The van der Waals surface area contributed by atoms with Crippen LogP contribution in [0, 0.1) is 6.92 Å². The first kappa shape index (κ1) is 23.1. The number of nitrogens with zero attached hydrogens (tertiary/aromatic N) is 1. The molecule has 0 aliphatic carbocycles. The summed E-state index contributed by atoms with van der Waals surface area (Å²) in [5.74, 6) is -1.17. The number of ether oxygens (including phenoxy) is 2. The summed E-state index contributed by atoms with van der Waals surface area (Å²) in [6.07, 6.45) is 1.72. The Morgan fingerprint density at radius 1 is 1.00 bits per heavy atom. The van der Waals surface area contributed by atoms with Crippen LogP contribution in [-0.2, 0) is 9.47 Å². The molecule has 31 heavy (non-hydrogen) atoms. The molecule has 0 aliphatic rings. The fourth-order valence-electron chi connectivity index (χ4n) is 3.13. The minimum Gasteiger partial charge on any atom is -0.462 e. The average molecular weight is 504 g/mol. The molecule has 0 atom stereocenters. The number of hydrogen-bond donors (Lipinski definition) is 0. The first-order valence-corrected chi connectivity index (χ1v) is 11.6. The molecule has 162 valence electrons. The van der Waals surface area contributed by atoms with Gasteiger partial charge >= 0.3 is 11.9 Å². The van der Waals surface area contributed by atoms with Crippen LogP contribution in [0.15, 0.2) is 52.0 Å². The third kappa shape index (κ3) is 5.02. The van der Waals surface area contributed by atoms with Gasteiger partial charge in [0, 0.05) is 16.2 Å². The van der Waals surface area contributed by atoms with Gasteiger partial charge < -0.3 is 13.9 Å². The number of ketones is 1. The topological polar surface area (TPSA) is 74.1 Å². The van der Waals surface area contributed by atoms with Crippen LogP contribution in [0.5, 0.6) is 0 Å². The summed E-state index contributed by atoms with van der Waals surface area (Å²) >= 11 is 4.49. The van der Waals surface area contributed by atoms with Crippen LogP contribution in [0.4, 0.5) is 0 Å². The summed E-state index contributed by atoms with van der Waals surface area (Å²) in [6, 6.07) is 10.7. The van der Waals surface area contributed by atoms with Crippen LogP contribution in [0.3, 0.4) is 0 Å². The van der Waals surface area contributed by atoms with E-state index in [-0.39, 0.29) is 36.0 Å². The van der Waals surface area contributed by atoms with Crippen LogP contribution in [0.2, 0.25) is 0 Å². The van der Waals surface area contributed by atoms with E-state index in [2.05, 4.69) is 15.9 Å². The first-order valence-electron chi connectivity index (χ1n) is 9.77. The van der Waals surface area contributed by atoms with Crippen molar-refractivity contribution in [3.63, 3.8) is 0 Å². The van der Waals surface area contributed by atoms with Gasteiger partial charge in [0.25, 0.3) is 0 Å². The summed E-state index contributed by atoms with van der Waals surface area (Å²) in [5, 5.41) is 0. The molecule has 0 unspecified atom stereocenters. The number of carbonyl (C=O) groups excluding carboxylic acids is 3. The van der Waals surface area contributed by atoms with E-state index in [1.807, 2.05) is 19.1 Å². The van der Waals surface area contributed by atoms with E-state index < -0.39 is 11.9 Å². The largest absolute Gasteiger partial charge is 0.462 e. The number of fused-ring (bicyclic) bond motifs is 1. The molecule has 0 bridgehead atoms. The van der Waals surface area contributed by atoms with E-state index in [1.54, 1.807) is 48.7 Å². The third-order valence-corrected chi connectivity index (χ3v) is 6.13. The highest BCUT2D eigenvalue weighted by Gasteiger charge is 2.29. The van der Waals surface area contributed by atoms with Gasteiger partial charge in [-0.3, -0.25) is 4.79 Å². The zero-order valence-corrected chi connectivity index (χ0v) is 19.8. The Labute approximate surface area is 193 Å². The highest BCUT2D eigenvalue weighted by Crippen LogP contribution is 2.35. The fraction of sp³-hybridized carbons (Fsp3) is 0.261. The van der Waals surface area contributed by atoms with E-state index in [9.17, 15) is 14.4 Å². The monoisotopic (exact) mass is 503 g/mol. The van der Waals surface area contributed by atoms with Crippen molar-refractivity contribution in [3.8, 4) is 0 Å². The van der Waals surface area contributed by atoms with Crippen molar-refractivity contribution in [2.24, 2.45) is 0 Å². The minimum absolute atomic E-state index is 0.0519. The predicted octanol–water partition coefficient (Wildman–Crippen LogP) is 5.34. The summed E-state index contributed by atoms with van der Waals surface area (Å²) < 4.78 is 13.0. The summed E-state index contributed by atoms with van der Waals surface area (Å²) in [7, 11) is 0. The Bertz CT molecular complexity index is 1140. The zero-order valence-electron chi connectivity index (χ0n) is 17.4. The zero-order chi connectivity index (χ0) is 22.5. The summed E-state index contributed by atoms with van der Waals surface area (Å²) in [4.78, 5) is 38.8. The number of rotatable bonds is 8. The molecule has 8 heteroatoms. The molecule has 0 N–H and O–H groups in total. The number of benzene rings is 1. The lowest BCUT2D eigenvalue weighted by atomic mass is 10.2. The summed E-state index contributed by atoms with van der Waals surface area (Å²) in [5.41, 5.74) is 2.50. The Balaban J connectivity index is 2.09. The Morgan fingerprint density at radius 3 is 2.29 bits per heavy atom. The minimum atomic E-state index is -0.560. The van der Waals surface area contributed by atoms with E-state index in [4.69, 9.17) is 9.47 Å².